The van der Waals surface area contributed by atoms with Crippen LogP contribution in [0.5, 0.6) is 0 Å². The summed E-state index contributed by atoms with van der Waals surface area (Å²) in [4.78, 5) is 23.7. The van der Waals surface area contributed by atoms with Gasteiger partial charge in [-0.15, -0.1) is 0 Å². The minimum atomic E-state index is -5.36. The number of halogens is 1. The smallest absolute Gasteiger partial charge is 0.383 e. The quantitative estimate of drug-likeness (QED) is 0.604. The third-order valence-electron chi connectivity index (χ3n) is 5.56. The van der Waals surface area contributed by atoms with Crippen LogP contribution in [0.3, 0.4) is 0 Å². The predicted molar refractivity (Wildman–Crippen MR) is 77.4 cm³/mol. The van der Waals surface area contributed by atoms with Gasteiger partial charge < -0.3 is 4.74 Å². The molecule has 4 aliphatic rings. The first-order valence-electron chi connectivity index (χ1n) is 7.92. The molecule has 23 heavy (non-hydrogen) atoms. The Labute approximate surface area is 134 Å². The molecule has 8 heteroatoms. The zero-order chi connectivity index (χ0) is 17.0. The summed E-state index contributed by atoms with van der Waals surface area (Å²) in [6.07, 6.45) is 3.67. The van der Waals surface area contributed by atoms with Gasteiger partial charge in [0.15, 0.2) is 0 Å². The van der Waals surface area contributed by atoms with Gasteiger partial charge in [-0.1, -0.05) is 0 Å². The van der Waals surface area contributed by atoms with E-state index in [4.69, 9.17) is 4.55 Å². The van der Waals surface area contributed by atoms with Crippen LogP contribution in [0.15, 0.2) is 0 Å². The Hall–Kier alpha value is -1.02. The van der Waals surface area contributed by atoms with Crippen LogP contribution in [0, 0.1) is 23.2 Å². The molecule has 4 fully saturated rings. The number of hydrogen-bond donors (Lipinski definition) is 1. The summed E-state index contributed by atoms with van der Waals surface area (Å²) in [7, 11) is -5.36. The van der Waals surface area contributed by atoms with Crippen molar-refractivity contribution in [2.24, 2.45) is 23.2 Å². The van der Waals surface area contributed by atoms with Crippen LogP contribution in [0.4, 0.5) is 4.39 Å². The second kappa shape index (κ2) is 5.24. The number of ether oxygens (including phenoxy) is 1. The fourth-order valence-electron chi connectivity index (χ4n) is 5.08. The number of hydrogen-bond acceptors (Lipinski definition) is 5. The van der Waals surface area contributed by atoms with Crippen LogP contribution in [0.1, 0.15) is 51.9 Å². The van der Waals surface area contributed by atoms with Gasteiger partial charge in [0.1, 0.15) is 5.78 Å². The van der Waals surface area contributed by atoms with E-state index < -0.39 is 38.9 Å². The minimum absolute atomic E-state index is 0.390. The van der Waals surface area contributed by atoms with Crippen molar-refractivity contribution in [2.75, 3.05) is 0 Å². The van der Waals surface area contributed by atoms with Crippen LogP contribution < -0.4 is 0 Å². The van der Waals surface area contributed by atoms with Gasteiger partial charge in [-0.05, 0) is 63.2 Å². The minimum Gasteiger partial charge on any atom is -0.412 e. The molecular formula is C15H21FO6S. The number of carbonyl (C=O) groups is 2. The van der Waals surface area contributed by atoms with E-state index in [0.717, 1.165) is 26.2 Å². The van der Waals surface area contributed by atoms with Gasteiger partial charge in [0, 0.05) is 0 Å². The molecule has 0 aromatic heterocycles. The number of carbonyl (C=O) groups excluding carboxylic acids is 2. The summed E-state index contributed by atoms with van der Waals surface area (Å²) < 4.78 is 50.9. The molecule has 4 saturated carbocycles. The second-order valence-corrected chi connectivity index (χ2v) is 9.16. The number of rotatable bonds is 5. The van der Waals surface area contributed by atoms with Gasteiger partial charge in [0.05, 0.1) is 11.8 Å². The van der Waals surface area contributed by atoms with Gasteiger partial charge in [-0.3, -0.25) is 14.1 Å². The molecule has 0 heterocycles. The van der Waals surface area contributed by atoms with Crippen LogP contribution in [-0.2, 0) is 24.4 Å². The van der Waals surface area contributed by atoms with E-state index in [2.05, 4.69) is 4.74 Å². The zero-order valence-electron chi connectivity index (χ0n) is 13.0. The molecule has 1 unspecified atom stereocenters. The lowest BCUT2D eigenvalue weighted by molar-refractivity contribution is -0.193. The Bertz CT molecular complexity index is 607. The van der Waals surface area contributed by atoms with E-state index in [0.29, 0.717) is 37.0 Å². The summed E-state index contributed by atoms with van der Waals surface area (Å²) in [6, 6.07) is 0. The highest BCUT2D eigenvalue weighted by Gasteiger charge is 2.59. The molecule has 6 nitrogen and oxygen atoms in total. The summed E-state index contributed by atoms with van der Waals surface area (Å²) >= 11 is 0. The van der Waals surface area contributed by atoms with Gasteiger partial charge >= 0.3 is 21.3 Å². The third kappa shape index (κ3) is 2.91. The summed E-state index contributed by atoms with van der Waals surface area (Å²) in [5, 5.41) is -3.70. The number of Topliss-reactive ketones (excluding diaryl/α,β-unsaturated/α-hetero) is 1. The van der Waals surface area contributed by atoms with E-state index in [1.54, 1.807) is 0 Å². The number of esters is 1. The van der Waals surface area contributed by atoms with Crippen molar-refractivity contribution in [2.45, 2.75) is 57.1 Å². The van der Waals surface area contributed by atoms with Crippen molar-refractivity contribution in [1.29, 1.82) is 0 Å². The lowest BCUT2D eigenvalue weighted by Gasteiger charge is -2.55. The SMILES string of the molecule is CC(=O)CC(F)(OC(=O)C12CC3CC(CC(C3)C1)C2)S(=O)(=O)O. The predicted octanol–water partition coefficient (Wildman–Crippen LogP) is 2.24. The number of alkyl halides is 1. The molecule has 4 rings (SSSR count). The highest BCUT2D eigenvalue weighted by atomic mass is 32.2. The normalized spacial score (nSPS) is 38.1. The molecule has 0 spiro atoms. The highest BCUT2D eigenvalue weighted by Crippen LogP contribution is 2.60. The van der Waals surface area contributed by atoms with Gasteiger partial charge in [0.2, 0.25) is 0 Å². The van der Waals surface area contributed by atoms with Crippen LogP contribution in [0.25, 0.3) is 0 Å². The summed E-state index contributed by atoms with van der Waals surface area (Å²) in [5.41, 5.74) is -0.867. The Morgan fingerprint density at radius 1 is 1.17 bits per heavy atom. The molecule has 130 valence electrons. The topological polar surface area (TPSA) is 97.7 Å². The Morgan fingerprint density at radius 2 is 1.61 bits per heavy atom. The van der Waals surface area contributed by atoms with E-state index in [-0.39, 0.29) is 0 Å². The third-order valence-corrected chi connectivity index (χ3v) is 6.56. The zero-order valence-corrected chi connectivity index (χ0v) is 13.8. The Kier molecular flexibility index (Phi) is 3.83. The molecule has 4 bridgehead atoms. The fourth-order valence-corrected chi connectivity index (χ4v) is 5.65. The monoisotopic (exact) mass is 348 g/mol. The van der Waals surface area contributed by atoms with E-state index >= 15 is 0 Å². The Balaban J connectivity index is 1.84. The lowest BCUT2D eigenvalue weighted by atomic mass is 9.49. The molecule has 1 N–H and O–H groups in total. The van der Waals surface area contributed by atoms with Crippen molar-refractivity contribution in [3.8, 4) is 0 Å². The maximum Gasteiger partial charge on any atom is 0.383 e. The molecule has 0 radical (unpaired) electrons. The van der Waals surface area contributed by atoms with Crippen molar-refractivity contribution < 1.29 is 31.7 Å². The molecule has 0 amide bonds. The maximum atomic E-state index is 14.6. The fraction of sp³-hybridized carbons (Fsp3) is 0.867. The van der Waals surface area contributed by atoms with Crippen molar-refractivity contribution in [3.05, 3.63) is 0 Å². The first kappa shape index (κ1) is 16.8. The second-order valence-electron chi connectivity index (χ2n) is 7.60. The van der Waals surface area contributed by atoms with Crippen LogP contribution in [-0.4, -0.2) is 29.9 Å². The molecule has 0 aliphatic heterocycles. The first-order valence-corrected chi connectivity index (χ1v) is 9.36. The van der Waals surface area contributed by atoms with E-state index in [1.165, 1.54) is 0 Å². The molecule has 1 atom stereocenters. The van der Waals surface area contributed by atoms with Crippen molar-refractivity contribution >= 4 is 21.9 Å². The Morgan fingerprint density at radius 3 is 1.96 bits per heavy atom. The maximum absolute atomic E-state index is 14.6. The molecular weight excluding hydrogens is 327 g/mol. The van der Waals surface area contributed by atoms with Crippen molar-refractivity contribution in [1.82, 2.24) is 0 Å². The van der Waals surface area contributed by atoms with Crippen LogP contribution >= 0.6 is 0 Å². The van der Waals surface area contributed by atoms with Crippen molar-refractivity contribution in [3.63, 3.8) is 0 Å². The molecule has 0 saturated heterocycles. The summed E-state index contributed by atoms with van der Waals surface area (Å²) in [6.45, 7) is 0.970. The van der Waals surface area contributed by atoms with Gasteiger partial charge in [0.25, 0.3) is 0 Å². The average molecular weight is 348 g/mol. The summed E-state index contributed by atoms with van der Waals surface area (Å²) in [5.74, 6) is -0.592. The largest absolute Gasteiger partial charge is 0.412 e. The standard InChI is InChI=1S/C15H21FO6S/c1-9(17)5-15(16,23(19,20)21)22-13(18)14-6-10-2-11(7-14)4-12(3-10)8-14/h10-12H,2-8H2,1H3,(H,19,20,21). The van der Waals surface area contributed by atoms with E-state index in [1.807, 2.05) is 0 Å². The average Bonchev–Trinajstić information content (AvgIpc) is 2.34. The number of ketones is 1. The first-order chi connectivity index (χ1) is 10.5. The molecule has 0 aromatic carbocycles. The highest BCUT2D eigenvalue weighted by molar-refractivity contribution is 7.86. The van der Waals surface area contributed by atoms with Crippen LogP contribution in [0.2, 0.25) is 0 Å². The van der Waals surface area contributed by atoms with Gasteiger partial charge in [-0.25, -0.2) is 0 Å². The van der Waals surface area contributed by atoms with E-state index in [9.17, 15) is 22.4 Å². The van der Waals surface area contributed by atoms with Gasteiger partial charge in [-0.2, -0.15) is 12.8 Å². The molecule has 4 aliphatic carbocycles. The molecule has 0 aromatic rings. The lowest BCUT2D eigenvalue weighted by Crippen LogP contribution is -2.53.